The van der Waals surface area contributed by atoms with E-state index in [9.17, 15) is 4.79 Å². The van der Waals surface area contributed by atoms with E-state index in [0.29, 0.717) is 30.5 Å². The highest BCUT2D eigenvalue weighted by atomic mass is 16.4. The summed E-state index contributed by atoms with van der Waals surface area (Å²) in [5.41, 5.74) is 4.08. The van der Waals surface area contributed by atoms with Crippen molar-refractivity contribution >= 4 is 5.97 Å². The molecule has 32 heavy (non-hydrogen) atoms. The Bertz CT molecular complexity index is 1180. The van der Waals surface area contributed by atoms with Gasteiger partial charge in [-0.3, -0.25) is 4.79 Å². The second-order valence-electron chi connectivity index (χ2n) is 8.07. The highest BCUT2D eigenvalue weighted by Crippen LogP contribution is 2.29. The second kappa shape index (κ2) is 9.51. The predicted octanol–water partition coefficient (Wildman–Crippen LogP) is 3.39. The molecule has 9 heteroatoms. The van der Waals surface area contributed by atoms with Crippen molar-refractivity contribution in [2.24, 2.45) is 5.92 Å². The number of tetrazole rings is 1. The normalized spacial score (nSPS) is 11.2. The first-order chi connectivity index (χ1) is 15.5. The van der Waals surface area contributed by atoms with Crippen LogP contribution in [0.4, 0.5) is 0 Å². The largest absolute Gasteiger partial charge is 0.481 e. The molecule has 9 nitrogen and oxygen atoms in total. The van der Waals surface area contributed by atoms with Crippen molar-refractivity contribution in [3.63, 3.8) is 0 Å². The van der Waals surface area contributed by atoms with Crippen molar-refractivity contribution in [3.8, 4) is 22.5 Å². The first kappa shape index (κ1) is 21.4. The number of aliphatic carboxylic acids is 1. The lowest BCUT2D eigenvalue weighted by Crippen LogP contribution is -2.09. The molecule has 0 fully saturated rings. The molecule has 0 atom stereocenters. The molecule has 4 aromatic rings. The van der Waals surface area contributed by atoms with Gasteiger partial charge in [-0.05, 0) is 27.8 Å². The van der Waals surface area contributed by atoms with E-state index >= 15 is 0 Å². The Morgan fingerprint density at radius 2 is 1.84 bits per heavy atom. The Hall–Kier alpha value is -3.88. The van der Waals surface area contributed by atoms with Crippen molar-refractivity contribution in [2.45, 2.75) is 39.7 Å². The van der Waals surface area contributed by atoms with Crippen LogP contribution in [0.5, 0.6) is 0 Å². The minimum absolute atomic E-state index is 0.0274. The molecule has 2 N–H and O–H groups in total. The number of benzene rings is 2. The molecular formula is C23H25N7O2. The molecule has 0 saturated carbocycles. The van der Waals surface area contributed by atoms with Gasteiger partial charge in [0.1, 0.15) is 5.82 Å². The van der Waals surface area contributed by atoms with Crippen LogP contribution in [0.15, 0.2) is 48.5 Å². The van der Waals surface area contributed by atoms with Crippen LogP contribution < -0.4 is 0 Å². The molecule has 2 aromatic carbocycles. The fourth-order valence-electron chi connectivity index (χ4n) is 3.56. The van der Waals surface area contributed by atoms with E-state index in [0.717, 1.165) is 34.5 Å². The van der Waals surface area contributed by atoms with E-state index in [-0.39, 0.29) is 6.42 Å². The molecule has 0 spiro atoms. The number of carboxylic acids is 1. The highest BCUT2D eigenvalue weighted by molar-refractivity contribution is 5.80. The zero-order chi connectivity index (χ0) is 22.5. The number of hydrogen-bond donors (Lipinski definition) is 2. The number of rotatable bonds is 9. The van der Waals surface area contributed by atoms with Crippen molar-refractivity contribution < 1.29 is 9.90 Å². The van der Waals surface area contributed by atoms with Crippen LogP contribution >= 0.6 is 0 Å². The molecule has 0 aliphatic heterocycles. The van der Waals surface area contributed by atoms with Gasteiger partial charge in [0.2, 0.25) is 5.82 Å². The third kappa shape index (κ3) is 5.05. The van der Waals surface area contributed by atoms with Crippen LogP contribution in [-0.4, -0.2) is 46.5 Å². The summed E-state index contributed by atoms with van der Waals surface area (Å²) < 4.78 is 1.89. The van der Waals surface area contributed by atoms with E-state index in [1.165, 1.54) is 0 Å². The maximum Gasteiger partial charge on any atom is 0.303 e. The van der Waals surface area contributed by atoms with Crippen LogP contribution in [0, 0.1) is 5.92 Å². The van der Waals surface area contributed by atoms with Crippen molar-refractivity contribution in [2.75, 3.05) is 0 Å². The Morgan fingerprint density at radius 1 is 1.09 bits per heavy atom. The molecule has 2 aromatic heterocycles. The zero-order valence-electron chi connectivity index (χ0n) is 18.1. The lowest BCUT2D eigenvalue weighted by Gasteiger charge is -2.10. The Morgan fingerprint density at radius 3 is 2.50 bits per heavy atom. The van der Waals surface area contributed by atoms with Crippen molar-refractivity contribution in [1.82, 2.24) is 35.4 Å². The van der Waals surface area contributed by atoms with Gasteiger partial charge in [0.15, 0.2) is 5.82 Å². The maximum atomic E-state index is 10.9. The SMILES string of the molecule is CC(C)Cc1nc(CCC(=O)O)nn1Cc1ccc(-c2ccccc2-c2nn[nH]n2)cc1. The minimum atomic E-state index is -0.844. The van der Waals surface area contributed by atoms with Crippen molar-refractivity contribution in [1.29, 1.82) is 0 Å². The summed E-state index contributed by atoms with van der Waals surface area (Å²) in [5, 5.41) is 27.9. The van der Waals surface area contributed by atoms with Crippen LogP contribution in [0.3, 0.4) is 0 Å². The lowest BCUT2D eigenvalue weighted by molar-refractivity contribution is -0.137. The first-order valence-electron chi connectivity index (χ1n) is 10.6. The average Bonchev–Trinajstić information content (AvgIpc) is 3.43. The summed E-state index contributed by atoms with van der Waals surface area (Å²) in [6.45, 7) is 4.84. The number of nitrogens with zero attached hydrogens (tertiary/aromatic N) is 6. The lowest BCUT2D eigenvalue weighted by atomic mass is 9.98. The first-order valence-corrected chi connectivity index (χ1v) is 10.6. The monoisotopic (exact) mass is 431 g/mol. The minimum Gasteiger partial charge on any atom is -0.481 e. The number of hydrogen-bond acceptors (Lipinski definition) is 6. The number of aromatic amines is 1. The number of aryl methyl sites for hydroxylation is 1. The molecule has 0 unspecified atom stereocenters. The summed E-state index contributed by atoms with van der Waals surface area (Å²) in [4.78, 5) is 15.5. The molecular weight excluding hydrogens is 406 g/mol. The van der Waals surface area contributed by atoms with Gasteiger partial charge in [-0.15, -0.1) is 10.2 Å². The van der Waals surface area contributed by atoms with Crippen LogP contribution in [-0.2, 0) is 24.2 Å². The summed E-state index contributed by atoms with van der Waals surface area (Å²) in [6, 6.07) is 16.2. The molecule has 0 radical (unpaired) electrons. The standard InChI is InChI=1S/C23H25N7O2/c1-15(2)13-21-24-20(11-12-22(31)32)27-30(21)14-16-7-9-17(10-8-16)18-5-3-4-6-19(18)23-25-28-29-26-23/h3-10,15H,11-14H2,1-2H3,(H,31,32)(H,25,26,28,29). The molecule has 0 bridgehead atoms. The zero-order valence-corrected chi connectivity index (χ0v) is 18.1. The molecule has 2 heterocycles. The maximum absolute atomic E-state index is 10.9. The number of nitrogens with one attached hydrogen (secondary N) is 1. The van der Waals surface area contributed by atoms with Gasteiger partial charge in [0.25, 0.3) is 0 Å². The number of carboxylic acid groups (broad SMARTS) is 1. The number of aromatic nitrogens is 7. The number of H-pyrrole nitrogens is 1. The molecule has 0 saturated heterocycles. The summed E-state index contributed by atoms with van der Waals surface area (Å²) in [6.07, 6.45) is 1.15. The van der Waals surface area contributed by atoms with E-state index in [2.05, 4.69) is 68.8 Å². The Labute approximate surface area is 185 Å². The highest BCUT2D eigenvalue weighted by Gasteiger charge is 2.14. The van der Waals surface area contributed by atoms with Gasteiger partial charge >= 0.3 is 5.97 Å². The fraction of sp³-hybridized carbons (Fsp3) is 0.304. The Kier molecular flexibility index (Phi) is 6.34. The quantitative estimate of drug-likeness (QED) is 0.416. The van der Waals surface area contributed by atoms with Gasteiger partial charge in [-0.1, -0.05) is 62.4 Å². The smallest absolute Gasteiger partial charge is 0.303 e. The van der Waals surface area contributed by atoms with E-state index < -0.39 is 5.97 Å². The van der Waals surface area contributed by atoms with Crippen LogP contribution in [0.1, 0.15) is 37.5 Å². The number of carbonyl (C=O) groups is 1. The van der Waals surface area contributed by atoms with E-state index in [4.69, 9.17) is 5.11 Å². The topological polar surface area (TPSA) is 122 Å². The summed E-state index contributed by atoms with van der Waals surface area (Å²) in [5.74, 6) is 1.60. The Balaban J connectivity index is 1.56. The van der Waals surface area contributed by atoms with E-state index in [1.807, 2.05) is 28.9 Å². The van der Waals surface area contributed by atoms with Crippen LogP contribution in [0.25, 0.3) is 22.5 Å². The fourth-order valence-corrected chi connectivity index (χ4v) is 3.56. The van der Waals surface area contributed by atoms with Gasteiger partial charge in [-0.2, -0.15) is 10.3 Å². The summed E-state index contributed by atoms with van der Waals surface area (Å²) in [7, 11) is 0. The van der Waals surface area contributed by atoms with E-state index in [1.54, 1.807) is 0 Å². The van der Waals surface area contributed by atoms with Gasteiger partial charge in [0, 0.05) is 18.4 Å². The summed E-state index contributed by atoms with van der Waals surface area (Å²) >= 11 is 0. The van der Waals surface area contributed by atoms with Gasteiger partial charge in [-0.25, -0.2) is 9.67 Å². The van der Waals surface area contributed by atoms with Crippen molar-refractivity contribution in [3.05, 3.63) is 65.7 Å². The second-order valence-corrected chi connectivity index (χ2v) is 8.07. The van der Waals surface area contributed by atoms with Crippen LogP contribution in [0.2, 0.25) is 0 Å². The molecule has 0 aliphatic rings. The average molecular weight is 432 g/mol. The van der Waals surface area contributed by atoms with Gasteiger partial charge in [0.05, 0.1) is 13.0 Å². The third-order valence-electron chi connectivity index (χ3n) is 5.06. The molecule has 4 rings (SSSR count). The third-order valence-corrected chi connectivity index (χ3v) is 5.06. The predicted molar refractivity (Wildman–Crippen MR) is 119 cm³/mol. The molecule has 164 valence electrons. The van der Waals surface area contributed by atoms with Gasteiger partial charge < -0.3 is 5.11 Å². The molecule has 0 aliphatic carbocycles. The molecule has 0 amide bonds.